The standard InChI is InChI=1S/C20H19NS/c21-19-20(15-9-3-1-4-10-15,16-11-5-2-6-12-16)17-13-7-8-14-18(17)22-19/h1-14,17-19H,21H2. The predicted octanol–water partition coefficient (Wildman–Crippen LogP) is 4.12. The first-order valence-electron chi connectivity index (χ1n) is 7.70. The molecule has 0 radical (unpaired) electrons. The number of rotatable bonds is 2. The lowest BCUT2D eigenvalue weighted by atomic mass is 9.64. The van der Waals surface area contributed by atoms with Crippen molar-refractivity contribution in [2.75, 3.05) is 0 Å². The van der Waals surface area contributed by atoms with Gasteiger partial charge in [0.1, 0.15) is 0 Å². The van der Waals surface area contributed by atoms with Crippen molar-refractivity contribution in [1.82, 2.24) is 0 Å². The Bertz CT molecular complexity index is 666. The molecule has 0 spiro atoms. The number of hydrogen-bond donors (Lipinski definition) is 1. The fourth-order valence-corrected chi connectivity index (χ4v) is 5.54. The summed E-state index contributed by atoms with van der Waals surface area (Å²) >= 11 is 1.89. The lowest BCUT2D eigenvalue weighted by molar-refractivity contribution is 0.403. The summed E-state index contributed by atoms with van der Waals surface area (Å²) in [7, 11) is 0. The summed E-state index contributed by atoms with van der Waals surface area (Å²) in [6, 6.07) is 21.5. The van der Waals surface area contributed by atoms with Gasteiger partial charge in [-0.25, -0.2) is 0 Å². The Labute approximate surface area is 135 Å². The van der Waals surface area contributed by atoms with Gasteiger partial charge in [-0.15, -0.1) is 11.8 Å². The van der Waals surface area contributed by atoms with Gasteiger partial charge in [-0.1, -0.05) is 85.0 Å². The maximum Gasteiger partial charge on any atom is 0.0658 e. The molecule has 2 aromatic rings. The first-order chi connectivity index (χ1) is 10.8. The van der Waals surface area contributed by atoms with E-state index in [4.69, 9.17) is 5.73 Å². The minimum absolute atomic E-state index is 0.0414. The Balaban J connectivity index is 1.97. The van der Waals surface area contributed by atoms with Crippen LogP contribution in [0.4, 0.5) is 0 Å². The van der Waals surface area contributed by atoms with Crippen molar-refractivity contribution >= 4 is 11.8 Å². The minimum atomic E-state index is -0.168. The monoisotopic (exact) mass is 305 g/mol. The molecule has 2 heteroatoms. The molecule has 110 valence electrons. The van der Waals surface area contributed by atoms with Crippen molar-refractivity contribution in [3.05, 3.63) is 96.1 Å². The second-order valence-corrected chi connectivity index (χ2v) is 7.24. The summed E-state index contributed by atoms with van der Waals surface area (Å²) in [5.41, 5.74) is 9.19. The topological polar surface area (TPSA) is 26.0 Å². The van der Waals surface area contributed by atoms with Gasteiger partial charge in [0.15, 0.2) is 0 Å². The summed E-state index contributed by atoms with van der Waals surface area (Å²) in [5, 5.41) is 0.486. The van der Waals surface area contributed by atoms with Gasteiger partial charge in [0.25, 0.3) is 0 Å². The van der Waals surface area contributed by atoms with Crippen LogP contribution >= 0.6 is 11.8 Å². The lowest BCUT2D eigenvalue weighted by Gasteiger charge is -2.39. The van der Waals surface area contributed by atoms with Crippen molar-refractivity contribution in [1.29, 1.82) is 0 Å². The second kappa shape index (κ2) is 5.45. The normalized spacial score (nSPS) is 28.5. The van der Waals surface area contributed by atoms with Crippen LogP contribution in [-0.4, -0.2) is 10.6 Å². The first kappa shape index (κ1) is 13.9. The van der Waals surface area contributed by atoms with Gasteiger partial charge in [-0.3, -0.25) is 0 Å². The molecule has 0 amide bonds. The van der Waals surface area contributed by atoms with Crippen LogP contribution in [0.3, 0.4) is 0 Å². The fourth-order valence-electron chi connectivity index (χ4n) is 3.90. The summed E-state index contributed by atoms with van der Waals surface area (Å²) in [4.78, 5) is 0. The predicted molar refractivity (Wildman–Crippen MR) is 94.8 cm³/mol. The van der Waals surface area contributed by atoms with Crippen molar-refractivity contribution in [2.24, 2.45) is 11.7 Å². The zero-order chi connectivity index (χ0) is 15.0. The van der Waals surface area contributed by atoms with Crippen molar-refractivity contribution in [3.8, 4) is 0 Å². The van der Waals surface area contributed by atoms with Gasteiger partial charge in [0, 0.05) is 11.2 Å². The number of allylic oxidation sites excluding steroid dienone is 3. The zero-order valence-corrected chi connectivity index (χ0v) is 13.1. The van der Waals surface area contributed by atoms with Gasteiger partial charge >= 0.3 is 0 Å². The molecule has 3 atom stereocenters. The average Bonchev–Trinajstić information content (AvgIpc) is 2.89. The molecule has 2 aromatic carbocycles. The number of thioether (sulfide) groups is 1. The molecule has 1 fully saturated rings. The maximum absolute atomic E-state index is 6.73. The van der Waals surface area contributed by atoms with Crippen molar-refractivity contribution in [2.45, 2.75) is 16.0 Å². The molecule has 2 N–H and O–H groups in total. The third-order valence-corrected chi connectivity index (χ3v) is 6.30. The van der Waals surface area contributed by atoms with E-state index in [0.29, 0.717) is 11.2 Å². The highest BCUT2D eigenvalue weighted by Crippen LogP contribution is 2.56. The fraction of sp³-hybridized carbons (Fsp3) is 0.200. The van der Waals surface area contributed by atoms with E-state index in [1.54, 1.807) is 0 Å². The van der Waals surface area contributed by atoms with Crippen LogP contribution in [0.1, 0.15) is 11.1 Å². The van der Waals surface area contributed by atoms with Gasteiger partial charge < -0.3 is 5.73 Å². The minimum Gasteiger partial charge on any atom is -0.318 e. The third kappa shape index (κ3) is 1.91. The second-order valence-electron chi connectivity index (χ2n) is 5.92. The largest absolute Gasteiger partial charge is 0.318 e. The Hall–Kier alpha value is -1.77. The SMILES string of the molecule is NC1SC2C=CC=CC2C1(c1ccccc1)c1ccccc1. The van der Waals surface area contributed by atoms with Gasteiger partial charge in [-0.05, 0) is 11.1 Å². The van der Waals surface area contributed by atoms with E-state index in [1.807, 2.05) is 11.8 Å². The molecule has 22 heavy (non-hydrogen) atoms. The average molecular weight is 305 g/mol. The van der Waals surface area contributed by atoms with Crippen molar-refractivity contribution in [3.63, 3.8) is 0 Å². The highest BCUT2D eigenvalue weighted by molar-refractivity contribution is 8.01. The summed E-state index contributed by atoms with van der Waals surface area (Å²) in [6.07, 6.45) is 8.95. The number of nitrogens with two attached hydrogens (primary N) is 1. The van der Waals surface area contributed by atoms with Crippen LogP contribution < -0.4 is 5.73 Å². The van der Waals surface area contributed by atoms with E-state index in [9.17, 15) is 0 Å². The Morgan fingerprint density at radius 3 is 1.91 bits per heavy atom. The number of hydrogen-bond acceptors (Lipinski definition) is 2. The molecular weight excluding hydrogens is 286 g/mol. The zero-order valence-electron chi connectivity index (χ0n) is 12.3. The molecule has 2 aliphatic rings. The van der Waals surface area contributed by atoms with Crippen molar-refractivity contribution < 1.29 is 0 Å². The van der Waals surface area contributed by atoms with Gasteiger partial charge in [0.05, 0.1) is 10.8 Å². The molecule has 4 rings (SSSR count). The molecule has 1 nitrogen and oxygen atoms in total. The molecule has 1 heterocycles. The van der Waals surface area contributed by atoms with Crippen LogP contribution in [0.15, 0.2) is 85.0 Å². The number of benzene rings is 2. The lowest BCUT2D eigenvalue weighted by Crippen LogP contribution is -2.45. The third-order valence-electron chi connectivity index (χ3n) is 4.87. The van der Waals surface area contributed by atoms with E-state index in [0.717, 1.165) is 0 Å². The van der Waals surface area contributed by atoms with E-state index in [2.05, 4.69) is 85.0 Å². The quantitative estimate of drug-likeness (QED) is 0.903. The highest BCUT2D eigenvalue weighted by Gasteiger charge is 2.54. The molecule has 3 unspecified atom stereocenters. The van der Waals surface area contributed by atoms with E-state index in [-0.39, 0.29) is 10.8 Å². The number of fused-ring (bicyclic) bond motifs is 1. The maximum atomic E-state index is 6.73. The highest BCUT2D eigenvalue weighted by atomic mass is 32.2. The van der Waals surface area contributed by atoms with Crippen LogP contribution in [0.25, 0.3) is 0 Å². The molecule has 1 saturated heterocycles. The molecule has 1 aliphatic carbocycles. The van der Waals surface area contributed by atoms with Crippen LogP contribution in [-0.2, 0) is 5.41 Å². The Kier molecular flexibility index (Phi) is 3.44. The summed E-state index contributed by atoms with van der Waals surface area (Å²) in [5.74, 6) is 0.391. The molecule has 0 bridgehead atoms. The molecule has 0 saturated carbocycles. The Morgan fingerprint density at radius 1 is 0.773 bits per heavy atom. The Morgan fingerprint density at radius 2 is 1.32 bits per heavy atom. The molecule has 1 aliphatic heterocycles. The van der Waals surface area contributed by atoms with E-state index in [1.165, 1.54) is 11.1 Å². The summed E-state index contributed by atoms with van der Waals surface area (Å²) < 4.78 is 0. The molecule has 0 aromatic heterocycles. The summed E-state index contributed by atoms with van der Waals surface area (Å²) in [6.45, 7) is 0. The smallest absolute Gasteiger partial charge is 0.0658 e. The van der Waals surface area contributed by atoms with Crippen LogP contribution in [0.2, 0.25) is 0 Å². The van der Waals surface area contributed by atoms with E-state index >= 15 is 0 Å². The first-order valence-corrected chi connectivity index (χ1v) is 8.65. The van der Waals surface area contributed by atoms with Crippen LogP contribution in [0, 0.1) is 5.92 Å². The molecular formula is C20H19NS. The van der Waals surface area contributed by atoms with Gasteiger partial charge in [0.2, 0.25) is 0 Å². The van der Waals surface area contributed by atoms with Crippen LogP contribution in [0.5, 0.6) is 0 Å². The van der Waals surface area contributed by atoms with E-state index < -0.39 is 0 Å². The van der Waals surface area contributed by atoms with Gasteiger partial charge in [-0.2, -0.15) is 0 Å².